The molecule has 2 amide bonds. The quantitative estimate of drug-likeness (QED) is 0.502. The van der Waals surface area contributed by atoms with Crippen LogP contribution in [0, 0.1) is 3.57 Å². The van der Waals surface area contributed by atoms with E-state index in [9.17, 15) is 19.5 Å². The fourth-order valence-corrected chi connectivity index (χ4v) is 2.88. The highest BCUT2D eigenvalue weighted by atomic mass is 127. The molecule has 0 aliphatic rings. The van der Waals surface area contributed by atoms with E-state index in [1.54, 1.807) is 6.07 Å². The van der Waals surface area contributed by atoms with E-state index in [1.807, 2.05) is 48.5 Å². The molecule has 0 saturated carbocycles. The van der Waals surface area contributed by atoms with Crippen LogP contribution in [0.1, 0.15) is 11.1 Å². The average Bonchev–Trinajstić information content (AvgIpc) is 2.65. The Hall–Kier alpha value is -2.62. The third-order valence-electron chi connectivity index (χ3n) is 3.57. The maximum Gasteiger partial charge on any atom is 0.407 e. The van der Waals surface area contributed by atoms with Gasteiger partial charge >= 0.3 is 12.1 Å². The lowest BCUT2D eigenvalue weighted by molar-refractivity contribution is -0.141. The van der Waals surface area contributed by atoms with Crippen molar-refractivity contribution >= 4 is 40.6 Å². The number of benzene rings is 2. The molecule has 8 heteroatoms. The molecule has 0 heterocycles. The van der Waals surface area contributed by atoms with Crippen molar-refractivity contribution in [1.82, 2.24) is 10.6 Å². The average molecular weight is 482 g/mol. The number of ether oxygens (including phenoxy) is 1. The third kappa shape index (κ3) is 7.65. The summed E-state index contributed by atoms with van der Waals surface area (Å²) in [5.41, 5.74) is 1.62. The van der Waals surface area contributed by atoms with Gasteiger partial charge in [0.15, 0.2) is 0 Å². The van der Waals surface area contributed by atoms with Gasteiger partial charge in [0, 0.05) is 9.99 Å². The normalized spacial score (nSPS) is 11.3. The summed E-state index contributed by atoms with van der Waals surface area (Å²) in [6.45, 7) is -0.289. The van der Waals surface area contributed by atoms with Gasteiger partial charge in [0.25, 0.3) is 0 Å². The minimum Gasteiger partial charge on any atom is -0.480 e. The van der Waals surface area contributed by atoms with Gasteiger partial charge in [-0.3, -0.25) is 4.79 Å². The third-order valence-corrected chi connectivity index (χ3v) is 4.24. The van der Waals surface area contributed by atoms with Gasteiger partial charge in [0.05, 0.1) is 0 Å². The van der Waals surface area contributed by atoms with Crippen LogP contribution >= 0.6 is 22.6 Å². The molecule has 0 aliphatic carbocycles. The van der Waals surface area contributed by atoms with Gasteiger partial charge in [-0.2, -0.15) is 0 Å². The second-order valence-corrected chi connectivity index (χ2v) is 6.95. The van der Waals surface area contributed by atoms with Crippen molar-refractivity contribution in [1.29, 1.82) is 0 Å². The maximum absolute atomic E-state index is 11.9. The van der Waals surface area contributed by atoms with Crippen molar-refractivity contribution in [2.24, 2.45) is 0 Å². The Kier molecular flexibility index (Phi) is 8.05. The summed E-state index contributed by atoms with van der Waals surface area (Å²) >= 11 is 2.13. The molecule has 0 saturated heterocycles. The van der Waals surface area contributed by atoms with Crippen LogP contribution in [-0.2, 0) is 27.4 Å². The van der Waals surface area contributed by atoms with E-state index in [0.29, 0.717) is 0 Å². The maximum atomic E-state index is 11.9. The molecular weight excluding hydrogens is 463 g/mol. The second-order valence-electron chi connectivity index (χ2n) is 5.71. The molecule has 2 aromatic rings. The number of carbonyl (C=O) groups is 3. The van der Waals surface area contributed by atoms with Crippen molar-refractivity contribution in [3.05, 3.63) is 69.3 Å². The molecule has 0 aromatic heterocycles. The number of aliphatic carboxylic acids is 1. The number of carboxylic acid groups (broad SMARTS) is 1. The molecule has 0 spiro atoms. The Bertz CT molecular complexity index is 798. The van der Waals surface area contributed by atoms with E-state index in [-0.39, 0.29) is 19.6 Å². The number of halogens is 1. The van der Waals surface area contributed by atoms with Crippen LogP contribution in [0.15, 0.2) is 54.6 Å². The zero-order valence-electron chi connectivity index (χ0n) is 14.4. The van der Waals surface area contributed by atoms with E-state index in [4.69, 9.17) is 4.74 Å². The molecule has 0 radical (unpaired) electrons. The Morgan fingerprint density at radius 2 is 1.74 bits per heavy atom. The predicted octanol–water partition coefficient (Wildman–Crippen LogP) is 2.33. The van der Waals surface area contributed by atoms with E-state index in [2.05, 4.69) is 33.2 Å². The van der Waals surface area contributed by atoms with Gasteiger partial charge in [0.1, 0.15) is 19.2 Å². The summed E-state index contributed by atoms with van der Waals surface area (Å²) in [7, 11) is 0. The van der Waals surface area contributed by atoms with Crippen LogP contribution in [0.25, 0.3) is 0 Å². The molecule has 2 rings (SSSR count). The number of hydrogen-bond donors (Lipinski definition) is 3. The lowest BCUT2D eigenvalue weighted by atomic mass is 10.1. The van der Waals surface area contributed by atoms with Gasteiger partial charge in [-0.1, -0.05) is 42.5 Å². The first-order chi connectivity index (χ1) is 12.9. The first kappa shape index (κ1) is 20.7. The molecule has 0 bridgehead atoms. The predicted molar refractivity (Wildman–Crippen MR) is 107 cm³/mol. The monoisotopic (exact) mass is 482 g/mol. The highest BCUT2D eigenvalue weighted by molar-refractivity contribution is 14.1. The summed E-state index contributed by atoms with van der Waals surface area (Å²) < 4.78 is 5.97. The molecule has 7 nitrogen and oxygen atoms in total. The summed E-state index contributed by atoms with van der Waals surface area (Å²) in [5.74, 6) is -1.75. The minimum absolute atomic E-state index is 0.0820. The first-order valence-corrected chi connectivity index (χ1v) is 9.23. The fourth-order valence-electron chi connectivity index (χ4n) is 2.27. The molecule has 27 heavy (non-hydrogen) atoms. The number of amides is 2. The SMILES string of the molecule is O=C(CNC(=O)OCc1ccccc1)N[C@H](Cc1cccc(I)c1)C(=O)O. The van der Waals surface area contributed by atoms with E-state index in [0.717, 1.165) is 14.7 Å². The van der Waals surface area contributed by atoms with Crippen molar-refractivity contribution < 1.29 is 24.2 Å². The highest BCUT2D eigenvalue weighted by Gasteiger charge is 2.20. The van der Waals surface area contributed by atoms with Crippen LogP contribution in [0.4, 0.5) is 4.79 Å². The molecule has 1 atom stereocenters. The number of hydrogen-bond acceptors (Lipinski definition) is 4. The number of rotatable bonds is 8. The smallest absolute Gasteiger partial charge is 0.407 e. The highest BCUT2D eigenvalue weighted by Crippen LogP contribution is 2.10. The van der Waals surface area contributed by atoms with Crippen LogP contribution in [0.2, 0.25) is 0 Å². The van der Waals surface area contributed by atoms with Gasteiger partial charge in [-0.05, 0) is 45.9 Å². The second kappa shape index (κ2) is 10.5. The van der Waals surface area contributed by atoms with E-state index < -0.39 is 24.0 Å². The Labute approximate surface area is 170 Å². The van der Waals surface area contributed by atoms with Crippen LogP contribution < -0.4 is 10.6 Å². The summed E-state index contributed by atoms with van der Waals surface area (Å²) in [4.78, 5) is 35.0. The van der Waals surface area contributed by atoms with Gasteiger partial charge < -0.3 is 20.5 Å². The largest absolute Gasteiger partial charge is 0.480 e. The Morgan fingerprint density at radius 1 is 1.04 bits per heavy atom. The molecule has 0 aliphatic heterocycles. The minimum atomic E-state index is -1.14. The Balaban J connectivity index is 1.78. The van der Waals surface area contributed by atoms with Crippen molar-refractivity contribution in [3.8, 4) is 0 Å². The number of carboxylic acids is 1. The lowest BCUT2D eigenvalue weighted by Gasteiger charge is -2.15. The summed E-state index contributed by atoms with van der Waals surface area (Å²) in [6, 6.07) is 15.4. The first-order valence-electron chi connectivity index (χ1n) is 8.15. The number of nitrogens with one attached hydrogen (secondary N) is 2. The summed E-state index contributed by atoms with van der Waals surface area (Å²) in [6.07, 6.45) is -0.602. The molecule has 142 valence electrons. The van der Waals surface area contributed by atoms with Gasteiger partial charge in [-0.15, -0.1) is 0 Å². The topological polar surface area (TPSA) is 105 Å². The standard InChI is InChI=1S/C19H19IN2O5/c20-15-8-4-7-14(9-15)10-16(18(24)25)22-17(23)11-21-19(26)27-12-13-5-2-1-3-6-13/h1-9,16H,10-12H2,(H,21,26)(H,22,23)(H,24,25)/t16-/m1/s1. The van der Waals surface area contributed by atoms with Crippen molar-refractivity contribution in [3.63, 3.8) is 0 Å². The van der Waals surface area contributed by atoms with E-state index >= 15 is 0 Å². The van der Waals surface area contributed by atoms with E-state index in [1.165, 1.54) is 0 Å². The number of carbonyl (C=O) groups excluding carboxylic acids is 2. The molecule has 2 aromatic carbocycles. The van der Waals surface area contributed by atoms with Crippen LogP contribution in [0.3, 0.4) is 0 Å². The Morgan fingerprint density at radius 3 is 2.41 bits per heavy atom. The van der Waals surface area contributed by atoms with Gasteiger partial charge in [0.2, 0.25) is 5.91 Å². The zero-order chi connectivity index (χ0) is 19.6. The van der Waals surface area contributed by atoms with Crippen LogP contribution in [-0.4, -0.2) is 35.7 Å². The molecular formula is C19H19IN2O5. The molecule has 0 fully saturated rings. The molecule has 0 unspecified atom stereocenters. The van der Waals surface area contributed by atoms with Crippen molar-refractivity contribution in [2.45, 2.75) is 19.1 Å². The zero-order valence-corrected chi connectivity index (χ0v) is 16.5. The lowest BCUT2D eigenvalue weighted by Crippen LogP contribution is -2.46. The van der Waals surface area contributed by atoms with Crippen LogP contribution in [0.5, 0.6) is 0 Å². The fraction of sp³-hybridized carbons (Fsp3) is 0.211. The number of alkyl carbamates (subject to hydrolysis) is 1. The van der Waals surface area contributed by atoms with Gasteiger partial charge in [-0.25, -0.2) is 9.59 Å². The molecule has 3 N–H and O–H groups in total. The summed E-state index contributed by atoms with van der Waals surface area (Å²) in [5, 5.41) is 14.0. The van der Waals surface area contributed by atoms with Crippen molar-refractivity contribution in [2.75, 3.05) is 6.54 Å².